The van der Waals surface area contributed by atoms with E-state index in [0.717, 1.165) is 38.5 Å². The first-order valence-electron chi connectivity index (χ1n) is 6.48. The zero-order valence-electron chi connectivity index (χ0n) is 10.3. The van der Waals surface area contributed by atoms with E-state index >= 15 is 0 Å². The molecule has 1 fully saturated rings. The molecule has 0 aromatic rings. The van der Waals surface area contributed by atoms with Gasteiger partial charge in [-0.1, -0.05) is 12.8 Å². The number of carboxylic acid groups (broad SMARTS) is 2. The standard InChI is InChI=1S/C13H22O4/c14-11(15)5-3-9-13(7-1-2-8-13)10-4-6-12(16)17/h1-10H2,(H,14,15)(H,16,17). The average Bonchev–Trinajstić information content (AvgIpc) is 2.66. The zero-order chi connectivity index (χ0) is 12.7. The Balaban J connectivity index is 2.34. The molecule has 0 spiro atoms. The second-order valence-electron chi connectivity index (χ2n) is 5.20. The summed E-state index contributed by atoms with van der Waals surface area (Å²) >= 11 is 0. The lowest BCUT2D eigenvalue weighted by atomic mass is 9.77. The number of carbonyl (C=O) groups is 2. The van der Waals surface area contributed by atoms with Crippen LogP contribution in [0.1, 0.15) is 64.2 Å². The van der Waals surface area contributed by atoms with Gasteiger partial charge in [0, 0.05) is 12.8 Å². The van der Waals surface area contributed by atoms with Gasteiger partial charge in [0.15, 0.2) is 0 Å². The summed E-state index contributed by atoms with van der Waals surface area (Å²) < 4.78 is 0. The van der Waals surface area contributed by atoms with E-state index in [4.69, 9.17) is 10.2 Å². The maximum Gasteiger partial charge on any atom is 0.303 e. The Labute approximate surface area is 102 Å². The summed E-state index contributed by atoms with van der Waals surface area (Å²) in [5, 5.41) is 17.3. The quantitative estimate of drug-likeness (QED) is 0.686. The van der Waals surface area contributed by atoms with Gasteiger partial charge in [0.2, 0.25) is 0 Å². The Kier molecular flexibility index (Phi) is 5.45. The minimum absolute atomic E-state index is 0.237. The molecule has 1 saturated carbocycles. The van der Waals surface area contributed by atoms with Gasteiger partial charge in [0.05, 0.1) is 0 Å². The van der Waals surface area contributed by atoms with Crippen molar-refractivity contribution in [2.45, 2.75) is 64.2 Å². The van der Waals surface area contributed by atoms with Gasteiger partial charge in [-0.3, -0.25) is 9.59 Å². The molecule has 0 aliphatic heterocycles. The molecule has 2 N–H and O–H groups in total. The predicted molar refractivity (Wildman–Crippen MR) is 63.9 cm³/mol. The zero-order valence-corrected chi connectivity index (χ0v) is 10.3. The maximum atomic E-state index is 10.5. The van der Waals surface area contributed by atoms with Crippen LogP contribution in [0.3, 0.4) is 0 Å². The average molecular weight is 242 g/mol. The third-order valence-electron chi connectivity index (χ3n) is 3.86. The Bertz CT molecular complexity index is 245. The Hall–Kier alpha value is -1.06. The van der Waals surface area contributed by atoms with Gasteiger partial charge >= 0.3 is 11.9 Å². The van der Waals surface area contributed by atoms with Crippen molar-refractivity contribution in [3.05, 3.63) is 0 Å². The molecular weight excluding hydrogens is 220 g/mol. The fraction of sp³-hybridized carbons (Fsp3) is 0.846. The highest BCUT2D eigenvalue weighted by molar-refractivity contribution is 5.66. The van der Waals surface area contributed by atoms with Gasteiger partial charge in [0.25, 0.3) is 0 Å². The molecule has 0 saturated heterocycles. The summed E-state index contributed by atoms with van der Waals surface area (Å²) in [6.45, 7) is 0. The summed E-state index contributed by atoms with van der Waals surface area (Å²) in [6, 6.07) is 0. The monoisotopic (exact) mass is 242 g/mol. The lowest BCUT2D eigenvalue weighted by Crippen LogP contribution is -2.17. The molecule has 4 heteroatoms. The van der Waals surface area contributed by atoms with Crippen LogP contribution in [0.15, 0.2) is 0 Å². The van der Waals surface area contributed by atoms with Gasteiger partial charge in [-0.2, -0.15) is 0 Å². The van der Waals surface area contributed by atoms with Gasteiger partial charge in [0.1, 0.15) is 0 Å². The van der Waals surface area contributed by atoms with Crippen LogP contribution in [0.2, 0.25) is 0 Å². The molecule has 0 radical (unpaired) electrons. The largest absolute Gasteiger partial charge is 0.481 e. The van der Waals surface area contributed by atoms with Crippen LogP contribution >= 0.6 is 0 Å². The molecule has 1 aliphatic carbocycles. The van der Waals surface area contributed by atoms with E-state index in [0.29, 0.717) is 0 Å². The van der Waals surface area contributed by atoms with Crippen LogP contribution in [0.5, 0.6) is 0 Å². The Morgan fingerprint density at radius 2 is 1.29 bits per heavy atom. The van der Waals surface area contributed by atoms with E-state index < -0.39 is 11.9 Å². The van der Waals surface area contributed by atoms with Crippen molar-refractivity contribution < 1.29 is 19.8 Å². The highest BCUT2D eigenvalue weighted by Crippen LogP contribution is 2.46. The van der Waals surface area contributed by atoms with E-state index in [1.54, 1.807) is 0 Å². The third kappa shape index (κ3) is 5.20. The molecule has 1 rings (SSSR count). The number of rotatable bonds is 8. The first-order valence-corrected chi connectivity index (χ1v) is 6.48. The molecule has 0 aromatic heterocycles. The lowest BCUT2D eigenvalue weighted by Gasteiger charge is -2.28. The summed E-state index contributed by atoms with van der Waals surface area (Å²) in [7, 11) is 0. The summed E-state index contributed by atoms with van der Waals surface area (Å²) in [5.74, 6) is -1.47. The summed E-state index contributed by atoms with van der Waals surface area (Å²) in [4.78, 5) is 21.0. The number of hydrogen-bond donors (Lipinski definition) is 2. The first kappa shape index (κ1) is 14.0. The second kappa shape index (κ2) is 6.62. The fourth-order valence-corrected chi connectivity index (χ4v) is 2.98. The van der Waals surface area contributed by atoms with E-state index in [1.807, 2.05) is 0 Å². The van der Waals surface area contributed by atoms with Gasteiger partial charge < -0.3 is 10.2 Å². The molecule has 17 heavy (non-hydrogen) atoms. The summed E-state index contributed by atoms with van der Waals surface area (Å²) in [5.41, 5.74) is 0.241. The van der Waals surface area contributed by atoms with E-state index in [1.165, 1.54) is 12.8 Å². The van der Waals surface area contributed by atoms with E-state index in [2.05, 4.69) is 0 Å². The molecule has 0 amide bonds. The van der Waals surface area contributed by atoms with Crippen molar-refractivity contribution in [3.63, 3.8) is 0 Å². The van der Waals surface area contributed by atoms with Crippen LogP contribution < -0.4 is 0 Å². The van der Waals surface area contributed by atoms with Crippen LogP contribution in [0, 0.1) is 5.41 Å². The minimum Gasteiger partial charge on any atom is -0.481 e. The van der Waals surface area contributed by atoms with Gasteiger partial charge in [-0.25, -0.2) is 0 Å². The van der Waals surface area contributed by atoms with Crippen LogP contribution in [0.4, 0.5) is 0 Å². The topological polar surface area (TPSA) is 74.6 Å². The highest BCUT2D eigenvalue weighted by Gasteiger charge is 2.32. The second-order valence-corrected chi connectivity index (χ2v) is 5.20. The van der Waals surface area contributed by atoms with Gasteiger partial charge in [-0.05, 0) is 43.9 Å². The molecule has 0 atom stereocenters. The normalized spacial score (nSPS) is 18.1. The molecule has 4 nitrogen and oxygen atoms in total. The highest BCUT2D eigenvalue weighted by atomic mass is 16.4. The van der Waals surface area contributed by atoms with E-state index in [9.17, 15) is 9.59 Å². The fourth-order valence-electron chi connectivity index (χ4n) is 2.98. The van der Waals surface area contributed by atoms with Crippen molar-refractivity contribution >= 4 is 11.9 Å². The van der Waals surface area contributed by atoms with Crippen LogP contribution in [-0.2, 0) is 9.59 Å². The molecule has 0 heterocycles. The molecule has 98 valence electrons. The number of carboxylic acids is 2. The molecule has 0 aromatic carbocycles. The summed E-state index contributed by atoms with van der Waals surface area (Å²) in [6.07, 6.45) is 8.52. The van der Waals surface area contributed by atoms with E-state index in [-0.39, 0.29) is 18.3 Å². The van der Waals surface area contributed by atoms with Gasteiger partial charge in [-0.15, -0.1) is 0 Å². The van der Waals surface area contributed by atoms with Crippen molar-refractivity contribution in [2.24, 2.45) is 5.41 Å². The van der Waals surface area contributed by atoms with Crippen molar-refractivity contribution in [1.29, 1.82) is 0 Å². The molecule has 1 aliphatic rings. The molecule has 0 bridgehead atoms. The number of aliphatic carboxylic acids is 2. The van der Waals surface area contributed by atoms with Crippen molar-refractivity contribution in [2.75, 3.05) is 0 Å². The smallest absolute Gasteiger partial charge is 0.303 e. The third-order valence-corrected chi connectivity index (χ3v) is 3.86. The predicted octanol–water partition coefficient (Wildman–Crippen LogP) is 3.06. The minimum atomic E-state index is -0.733. The SMILES string of the molecule is O=C(O)CCCC1(CCCC(=O)O)CCCC1. The maximum absolute atomic E-state index is 10.5. The molecule has 0 unspecified atom stereocenters. The van der Waals surface area contributed by atoms with Crippen LogP contribution in [0.25, 0.3) is 0 Å². The van der Waals surface area contributed by atoms with Crippen molar-refractivity contribution in [1.82, 2.24) is 0 Å². The first-order chi connectivity index (χ1) is 8.04. The van der Waals surface area contributed by atoms with Crippen LogP contribution in [-0.4, -0.2) is 22.2 Å². The Morgan fingerprint density at radius 1 is 0.882 bits per heavy atom. The van der Waals surface area contributed by atoms with Crippen molar-refractivity contribution in [3.8, 4) is 0 Å². The lowest BCUT2D eigenvalue weighted by molar-refractivity contribution is -0.138. The number of hydrogen-bond acceptors (Lipinski definition) is 2. The molecular formula is C13H22O4. The Morgan fingerprint density at radius 3 is 1.65 bits per heavy atom.